The summed E-state index contributed by atoms with van der Waals surface area (Å²) >= 11 is 1.65. The predicted octanol–water partition coefficient (Wildman–Crippen LogP) is 1.73. The number of nitrogens with zero attached hydrogens (tertiary/aromatic N) is 4. The smallest absolute Gasteiger partial charge is 0.245 e. The van der Waals surface area contributed by atoms with Gasteiger partial charge in [-0.2, -0.15) is 4.98 Å². The number of thiazole rings is 1. The summed E-state index contributed by atoms with van der Waals surface area (Å²) in [5, 5.41) is 12.0. The van der Waals surface area contributed by atoms with Gasteiger partial charge < -0.3 is 10.2 Å². The normalized spacial score (nSPS) is 23.3. The molecule has 0 amide bonds. The van der Waals surface area contributed by atoms with Gasteiger partial charge in [0.2, 0.25) is 5.95 Å². The average molecular weight is 292 g/mol. The minimum atomic E-state index is 0.452. The van der Waals surface area contributed by atoms with Crippen molar-refractivity contribution in [1.29, 1.82) is 0 Å². The fourth-order valence-corrected chi connectivity index (χ4v) is 3.60. The first-order valence-electron chi connectivity index (χ1n) is 6.90. The summed E-state index contributed by atoms with van der Waals surface area (Å²) in [6.07, 6.45) is 0. The van der Waals surface area contributed by atoms with Crippen molar-refractivity contribution in [3.63, 3.8) is 0 Å². The Bertz CT molecular complexity index is 594. The summed E-state index contributed by atoms with van der Waals surface area (Å²) in [4.78, 5) is 12.4. The van der Waals surface area contributed by atoms with E-state index in [1.165, 1.54) is 0 Å². The van der Waals surface area contributed by atoms with E-state index in [1.54, 1.807) is 11.3 Å². The third-order valence-corrected chi connectivity index (χ3v) is 4.51. The highest BCUT2D eigenvalue weighted by atomic mass is 32.1. The number of piperazine rings is 1. The minimum Gasteiger partial charge on any atom is -0.336 e. The molecule has 0 radical (unpaired) electrons. The Morgan fingerprint density at radius 3 is 2.45 bits per heavy atom. The van der Waals surface area contributed by atoms with Gasteiger partial charge in [0, 0.05) is 25.2 Å². The minimum absolute atomic E-state index is 0.452. The van der Waals surface area contributed by atoms with Crippen LogP contribution < -0.4 is 10.2 Å². The van der Waals surface area contributed by atoms with Crippen molar-refractivity contribution < 1.29 is 0 Å². The summed E-state index contributed by atoms with van der Waals surface area (Å²) in [5.74, 6) is 1.60. The van der Waals surface area contributed by atoms with Crippen molar-refractivity contribution in [3.8, 4) is 10.7 Å². The molecule has 1 aliphatic heterocycles. The monoisotopic (exact) mass is 292 g/mol. The number of hydrogen-bond donors (Lipinski definition) is 2. The molecule has 0 aliphatic carbocycles. The van der Waals surface area contributed by atoms with Gasteiger partial charge in [-0.05, 0) is 27.7 Å². The molecule has 2 unspecified atom stereocenters. The maximum Gasteiger partial charge on any atom is 0.245 e. The summed E-state index contributed by atoms with van der Waals surface area (Å²) in [7, 11) is 0. The van der Waals surface area contributed by atoms with E-state index >= 15 is 0 Å². The third kappa shape index (κ3) is 2.55. The Kier molecular flexibility index (Phi) is 3.47. The van der Waals surface area contributed by atoms with Crippen LogP contribution in [0.5, 0.6) is 0 Å². The lowest BCUT2D eigenvalue weighted by molar-refractivity contribution is 0.403. The van der Waals surface area contributed by atoms with Gasteiger partial charge in [-0.15, -0.1) is 16.4 Å². The second-order valence-electron chi connectivity index (χ2n) is 5.51. The third-order valence-electron chi connectivity index (χ3n) is 3.43. The lowest BCUT2D eigenvalue weighted by atomic mass is 10.1. The standard InChI is InChI=1S/C13H20N6S/c1-7-5-19(6-8(2)14-7)13-16-12(17-18-13)11-9(3)15-10(4)20-11/h7-8,14H,5-6H2,1-4H3,(H,16,17,18). The summed E-state index contributed by atoms with van der Waals surface area (Å²) in [5.41, 5.74) is 1.01. The Hall–Kier alpha value is -1.47. The molecule has 3 rings (SSSR count). The molecular weight excluding hydrogens is 272 g/mol. The number of H-pyrrole nitrogens is 1. The highest BCUT2D eigenvalue weighted by Crippen LogP contribution is 2.28. The van der Waals surface area contributed by atoms with E-state index in [-0.39, 0.29) is 0 Å². The number of aromatic nitrogens is 4. The molecule has 0 aromatic carbocycles. The van der Waals surface area contributed by atoms with E-state index in [2.05, 4.69) is 44.2 Å². The van der Waals surface area contributed by atoms with E-state index in [0.29, 0.717) is 12.1 Å². The average Bonchev–Trinajstić information content (AvgIpc) is 2.94. The molecule has 7 heteroatoms. The van der Waals surface area contributed by atoms with Crippen LogP contribution in [-0.4, -0.2) is 45.3 Å². The SMILES string of the molecule is Cc1nc(C)c(-c2nc(N3CC(C)NC(C)C3)n[nH]2)s1. The number of rotatable bonds is 2. The van der Waals surface area contributed by atoms with Crippen molar-refractivity contribution >= 4 is 17.3 Å². The molecule has 6 nitrogen and oxygen atoms in total. The molecule has 1 aliphatic rings. The molecule has 20 heavy (non-hydrogen) atoms. The van der Waals surface area contributed by atoms with Crippen LogP contribution in [0.4, 0.5) is 5.95 Å². The van der Waals surface area contributed by atoms with E-state index < -0.39 is 0 Å². The maximum absolute atomic E-state index is 4.65. The molecule has 0 spiro atoms. The van der Waals surface area contributed by atoms with E-state index in [0.717, 1.165) is 40.4 Å². The van der Waals surface area contributed by atoms with Crippen LogP contribution in [0, 0.1) is 13.8 Å². The highest BCUT2D eigenvalue weighted by Gasteiger charge is 2.24. The lowest BCUT2D eigenvalue weighted by Crippen LogP contribution is -2.54. The topological polar surface area (TPSA) is 69.7 Å². The van der Waals surface area contributed by atoms with Gasteiger partial charge in [-0.1, -0.05) is 0 Å². The second kappa shape index (κ2) is 5.14. The van der Waals surface area contributed by atoms with Crippen LogP contribution in [0.15, 0.2) is 0 Å². The number of hydrogen-bond acceptors (Lipinski definition) is 6. The van der Waals surface area contributed by atoms with E-state index in [1.807, 2.05) is 13.8 Å². The molecule has 1 fully saturated rings. The van der Waals surface area contributed by atoms with Gasteiger partial charge in [0.25, 0.3) is 0 Å². The number of aryl methyl sites for hydroxylation is 2. The Balaban J connectivity index is 1.85. The largest absolute Gasteiger partial charge is 0.336 e. The molecule has 2 aromatic heterocycles. The first-order chi connectivity index (χ1) is 9.52. The zero-order valence-electron chi connectivity index (χ0n) is 12.3. The van der Waals surface area contributed by atoms with Gasteiger partial charge in [0.1, 0.15) is 0 Å². The summed E-state index contributed by atoms with van der Waals surface area (Å²) < 4.78 is 0. The van der Waals surface area contributed by atoms with Gasteiger partial charge in [0.05, 0.1) is 15.6 Å². The first-order valence-corrected chi connectivity index (χ1v) is 7.72. The van der Waals surface area contributed by atoms with Crippen LogP contribution in [0.3, 0.4) is 0 Å². The fraction of sp³-hybridized carbons (Fsp3) is 0.615. The van der Waals surface area contributed by atoms with Crippen LogP contribution in [0.2, 0.25) is 0 Å². The van der Waals surface area contributed by atoms with Crippen molar-refractivity contribution in [1.82, 2.24) is 25.5 Å². The molecule has 2 aromatic rings. The van der Waals surface area contributed by atoms with Crippen molar-refractivity contribution in [2.75, 3.05) is 18.0 Å². The maximum atomic E-state index is 4.65. The van der Waals surface area contributed by atoms with Crippen LogP contribution in [-0.2, 0) is 0 Å². The quantitative estimate of drug-likeness (QED) is 0.882. The van der Waals surface area contributed by atoms with Gasteiger partial charge in [-0.3, -0.25) is 5.10 Å². The highest BCUT2D eigenvalue weighted by molar-refractivity contribution is 7.15. The molecule has 0 bridgehead atoms. The molecule has 1 saturated heterocycles. The zero-order valence-corrected chi connectivity index (χ0v) is 13.1. The van der Waals surface area contributed by atoms with Crippen LogP contribution in [0.25, 0.3) is 10.7 Å². The van der Waals surface area contributed by atoms with Crippen LogP contribution >= 0.6 is 11.3 Å². The van der Waals surface area contributed by atoms with Crippen LogP contribution in [0.1, 0.15) is 24.5 Å². The van der Waals surface area contributed by atoms with Gasteiger partial charge in [-0.25, -0.2) is 4.98 Å². The van der Waals surface area contributed by atoms with E-state index in [9.17, 15) is 0 Å². The Labute approximate surface area is 122 Å². The zero-order chi connectivity index (χ0) is 14.3. The van der Waals surface area contributed by atoms with E-state index in [4.69, 9.17) is 0 Å². The molecule has 0 saturated carbocycles. The Morgan fingerprint density at radius 2 is 1.85 bits per heavy atom. The summed E-state index contributed by atoms with van der Waals surface area (Å²) in [6.45, 7) is 10.3. The molecule has 108 valence electrons. The van der Waals surface area contributed by atoms with Gasteiger partial charge >= 0.3 is 0 Å². The Morgan fingerprint density at radius 1 is 1.15 bits per heavy atom. The molecule has 2 atom stereocenters. The van der Waals surface area contributed by atoms with Crippen molar-refractivity contribution in [2.45, 2.75) is 39.8 Å². The number of nitrogens with one attached hydrogen (secondary N) is 2. The predicted molar refractivity (Wildman–Crippen MR) is 81.2 cm³/mol. The fourth-order valence-electron chi connectivity index (χ4n) is 2.74. The molecule has 2 N–H and O–H groups in total. The lowest BCUT2D eigenvalue weighted by Gasteiger charge is -2.35. The molecule has 3 heterocycles. The number of aromatic amines is 1. The second-order valence-corrected chi connectivity index (χ2v) is 6.71. The number of anilines is 1. The summed E-state index contributed by atoms with van der Waals surface area (Å²) in [6, 6.07) is 0.904. The first kappa shape index (κ1) is 13.5. The van der Waals surface area contributed by atoms with Gasteiger partial charge in [0.15, 0.2) is 5.82 Å². The van der Waals surface area contributed by atoms with Crippen molar-refractivity contribution in [2.24, 2.45) is 0 Å². The van der Waals surface area contributed by atoms with Crippen molar-refractivity contribution in [3.05, 3.63) is 10.7 Å². The molecular formula is C13H20N6S.